The number of hydrogen-bond donors (Lipinski definition) is 3. The molecule has 3 N–H and O–H groups in total. The van der Waals surface area contributed by atoms with Gasteiger partial charge in [-0.1, -0.05) is 41.5 Å². The minimum atomic E-state index is -1.45. The van der Waals surface area contributed by atoms with Crippen molar-refractivity contribution in [1.82, 2.24) is 5.32 Å². The first kappa shape index (κ1) is 42.4. The molecule has 0 radical (unpaired) electrons. The van der Waals surface area contributed by atoms with E-state index in [-0.39, 0.29) is 35.9 Å². The maximum absolute atomic E-state index is 15.5. The van der Waals surface area contributed by atoms with Crippen molar-refractivity contribution in [3.8, 4) is 17.2 Å². The summed E-state index contributed by atoms with van der Waals surface area (Å²) in [6, 6.07) is 8.28. The van der Waals surface area contributed by atoms with Gasteiger partial charge in [0.15, 0.2) is 17.0 Å². The lowest BCUT2D eigenvalue weighted by molar-refractivity contribution is -0.176. The number of allylic oxidation sites excluding steroid dienone is 4. The zero-order chi connectivity index (χ0) is 42.8. The summed E-state index contributed by atoms with van der Waals surface area (Å²) in [4.78, 5) is 29.4. The maximum Gasteiger partial charge on any atom is 0.333 e. The van der Waals surface area contributed by atoms with Gasteiger partial charge in [-0.3, -0.25) is 4.79 Å². The number of esters is 1. The normalized spacial score (nSPS) is 28.5. The average Bonchev–Trinajstić information content (AvgIpc) is 3.29. The number of para-hydroxylation sites is 1. The summed E-state index contributed by atoms with van der Waals surface area (Å²) >= 11 is 1.71. The fourth-order valence-corrected chi connectivity index (χ4v) is 11.9. The van der Waals surface area contributed by atoms with Gasteiger partial charge in [-0.25, -0.2) is 4.79 Å². The van der Waals surface area contributed by atoms with E-state index in [0.717, 1.165) is 57.0 Å². The number of rotatable bonds is 14. The number of thioether (sulfide) groups is 1. The van der Waals surface area contributed by atoms with E-state index in [1.54, 1.807) is 24.8 Å². The number of ketones is 1. The Bertz CT molecular complexity index is 2260. The summed E-state index contributed by atoms with van der Waals surface area (Å²) in [6.45, 7) is 17.7. The van der Waals surface area contributed by atoms with Gasteiger partial charge < -0.3 is 39.4 Å². The standard InChI is InChI=1S/C49H60N2O8S/c1-28(2)13-12-20-47(8)21-19-32-40(57-47)31(17-16-29(3)4)42-37(41(32)56-26-24-50-23-25-52)39-38-43(60-35-15-11-10-14-34(35)51-39)33-27-36-46(6,7)59-48(44(33)53,49(36,38)58-42)22-18-30(5)45(54)55-9/h10-11,13-16,18-19,21,33,36,43,50-52H,12,17,20,22-27H2,1-9H3/b30-18-. The van der Waals surface area contributed by atoms with Crippen LogP contribution in [-0.2, 0) is 25.5 Å². The topological polar surface area (TPSA) is 125 Å². The highest BCUT2D eigenvalue weighted by atomic mass is 32.2. The fraction of sp³-hybridized carbons (Fsp3) is 0.510. The average molecular weight is 837 g/mol. The van der Waals surface area contributed by atoms with Crippen LogP contribution in [0.15, 0.2) is 75.8 Å². The van der Waals surface area contributed by atoms with Crippen LogP contribution in [0.5, 0.6) is 17.2 Å². The molecule has 3 saturated carbocycles. The molecule has 1 spiro atoms. The minimum absolute atomic E-state index is 0.00272. The second-order valence-electron chi connectivity index (χ2n) is 18.3. The quantitative estimate of drug-likeness (QED) is 0.0733. The summed E-state index contributed by atoms with van der Waals surface area (Å²) in [7, 11) is 1.37. The largest absolute Gasteiger partial charge is 0.491 e. The molecule has 7 aliphatic rings. The SMILES string of the molecule is COC(=O)/C(C)=C\CC12OC(C)(C)C3CC(C1=O)C1Sc4ccccc4NC4=C1C32Oc1c(CC=C(C)C)c2c(c(OCCNCCO)c14)C=CC(C)(CCC=C(C)C)O2. The predicted molar refractivity (Wildman–Crippen MR) is 237 cm³/mol. The highest BCUT2D eigenvalue weighted by Gasteiger charge is 2.83. The number of benzene rings is 2. The third kappa shape index (κ3) is 6.75. The molecular formula is C49H60N2O8S. The molecule has 4 aliphatic heterocycles. The van der Waals surface area contributed by atoms with E-state index >= 15 is 4.79 Å². The molecule has 320 valence electrons. The molecule has 2 aromatic carbocycles. The van der Waals surface area contributed by atoms with Crippen LogP contribution in [0, 0.1) is 11.8 Å². The van der Waals surface area contributed by atoms with Crippen LogP contribution in [0.25, 0.3) is 11.8 Å². The summed E-state index contributed by atoms with van der Waals surface area (Å²) in [5.74, 6) is 0.903. The summed E-state index contributed by atoms with van der Waals surface area (Å²) in [6.07, 6.45) is 13.4. The molecule has 4 fully saturated rings. The van der Waals surface area contributed by atoms with Crippen LogP contribution in [0.2, 0.25) is 0 Å². The molecule has 11 heteroatoms. The van der Waals surface area contributed by atoms with Gasteiger partial charge in [-0.05, 0) is 105 Å². The van der Waals surface area contributed by atoms with Gasteiger partial charge in [-0.15, -0.1) is 11.8 Å². The van der Waals surface area contributed by atoms with E-state index in [0.29, 0.717) is 55.4 Å². The van der Waals surface area contributed by atoms with Crippen LogP contribution < -0.4 is 24.8 Å². The molecular weight excluding hydrogens is 777 g/mol. The highest BCUT2D eigenvalue weighted by Crippen LogP contribution is 2.73. The molecule has 0 amide bonds. The van der Waals surface area contributed by atoms with Crippen LogP contribution in [0.1, 0.15) is 97.8 Å². The summed E-state index contributed by atoms with van der Waals surface area (Å²) < 4.78 is 34.5. The molecule has 4 bridgehead atoms. The van der Waals surface area contributed by atoms with Crippen LogP contribution in [0.4, 0.5) is 5.69 Å². The number of Topliss-reactive ketones (excluding diaryl/α,β-unsaturated/α-hetero) is 1. The third-order valence-corrected chi connectivity index (χ3v) is 14.6. The van der Waals surface area contributed by atoms with Crippen molar-refractivity contribution < 1.29 is 38.4 Å². The lowest BCUT2D eigenvalue weighted by Crippen LogP contribution is -2.75. The first-order valence-corrected chi connectivity index (χ1v) is 22.3. The molecule has 4 heterocycles. The number of methoxy groups -OCH3 is 1. The zero-order valence-corrected chi connectivity index (χ0v) is 37.3. The van der Waals surface area contributed by atoms with Gasteiger partial charge in [0.1, 0.15) is 29.5 Å². The van der Waals surface area contributed by atoms with Gasteiger partial charge in [0.25, 0.3) is 0 Å². The van der Waals surface area contributed by atoms with Crippen molar-refractivity contribution >= 4 is 41.0 Å². The molecule has 60 heavy (non-hydrogen) atoms. The predicted octanol–water partition coefficient (Wildman–Crippen LogP) is 8.77. The van der Waals surface area contributed by atoms with Gasteiger partial charge in [-0.2, -0.15) is 0 Å². The monoisotopic (exact) mass is 836 g/mol. The Labute approximate surface area is 358 Å². The minimum Gasteiger partial charge on any atom is -0.491 e. The molecule has 2 aromatic rings. The summed E-state index contributed by atoms with van der Waals surface area (Å²) in [5.41, 5.74) is 4.03. The van der Waals surface area contributed by atoms with Gasteiger partial charge in [0.2, 0.25) is 0 Å². The van der Waals surface area contributed by atoms with Crippen LogP contribution in [-0.4, -0.2) is 77.9 Å². The van der Waals surface area contributed by atoms with Crippen molar-refractivity contribution in [3.63, 3.8) is 0 Å². The van der Waals surface area contributed by atoms with E-state index in [1.165, 1.54) is 12.7 Å². The Kier molecular flexibility index (Phi) is 11.2. The fourth-order valence-electron chi connectivity index (χ4n) is 10.4. The lowest BCUT2D eigenvalue weighted by Gasteiger charge is -2.61. The number of anilines is 1. The number of carbonyl (C=O) groups is 2. The van der Waals surface area contributed by atoms with E-state index in [4.69, 9.17) is 23.7 Å². The Morgan fingerprint density at radius 2 is 1.80 bits per heavy atom. The van der Waals surface area contributed by atoms with E-state index < -0.39 is 28.4 Å². The number of ether oxygens (including phenoxy) is 5. The van der Waals surface area contributed by atoms with Gasteiger partial charge >= 0.3 is 5.97 Å². The number of aliphatic hydroxyl groups excluding tert-OH is 1. The number of aliphatic hydroxyl groups is 1. The molecule has 0 aromatic heterocycles. The third-order valence-electron chi connectivity index (χ3n) is 13.2. The van der Waals surface area contributed by atoms with Crippen molar-refractivity contribution in [2.24, 2.45) is 11.8 Å². The second-order valence-corrected chi connectivity index (χ2v) is 19.5. The molecule has 6 unspecified atom stereocenters. The molecule has 9 rings (SSSR count). The van der Waals surface area contributed by atoms with Crippen molar-refractivity contribution in [1.29, 1.82) is 0 Å². The molecule has 10 nitrogen and oxygen atoms in total. The first-order valence-electron chi connectivity index (χ1n) is 21.4. The van der Waals surface area contributed by atoms with Crippen molar-refractivity contribution in [2.45, 2.75) is 120 Å². The Morgan fingerprint density at radius 3 is 2.53 bits per heavy atom. The zero-order valence-electron chi connectivity index (χ0n) is 36.5. The number of nitrogens with one attached hydrogen (secondary N) is 2. The molecule has 3 aliphatic carbocycles. The summed E-state index contributed by atoms with van der Waals surface area (Å²) in [5, 5.41) is 16.5. The second kappa shape index (κ2) is 15.9. The van der Waals surface area contributed by atoms with E-state index in [9.17, 15) is 9.90 Å². The van der Waals surface area contributed by atoms with Crippen molar-refractivity contribution in [2.75, 3.05) is 38.7 Å². The van der Waals surface area contributed by atoms with Crippen LogP contribution >= 0.6 is 11.8 Å². The first-order chi connectivity index (χ1) is 28.6. The smallest absolute Gasteiger partial charge is 0.333 e. The number of hydrogen-bond acceptors (Lipinski definition) is 11. The number of carbonyl (C=O) groups excluding carboxylic acids is 2. The lowest BCUT2D eigenvalue weighted by atomic mass is 9.49. The van der Waals surface area contributed by atoms with Gasteiger partial charge in [0.05, 0.1) is 41.8 Å². The van der Waals surface area contributed by atoms with E-state index in [1.807, 2.05) is 12.1 Å². The Hall–Kier alpha value is -4.29. The molecule has 6 atom stereocenters. The van der Waals surface area contributed by atoms with Crippen LogP contribution in [0.3, 0.4) is 0 Å². The number of fused-ring (bicyclic) bond motifs is 4. The highest BCUT2D eigenvalue weighted by molar-refractivity contribution is 8.00. The van der Waals surface area contributed by atoms with Gasteiger partial charge in [0, 0.05) is 58.2 Å². The Balaban J connectivity index is 1.44. The Morgan fingerprint density at radius 1 is 1.03 bits per heavy atom. The molecule has 1 saturated heterocycles. The maximum atomic E-state index is 15.5. The van der Waals surface area contributed by atoms with Crippen molar-refractivity contribution in [3.05, 3.63) is 87.6 Å². The van der Waals surface area contributed by atoms with E-state index in [2.05, 4.69) is 95.5 Å².